The summed E-state index contributed by atoms with van der Waals surface area (Å²) in [5.41, 5.74) is 0. The summed E-state index contributed by atoms with van der Waals surface area (Å²) < 4.78 is 0. The average Bonchev–Trinajstić information content (AvgIpc) is 2.80. The van der Waals surface area contributed by atoms with E-state index in [1.165, 1.54) is 0 Å². The van der Waals surface area contributed by atoms with E-state index in [0.717, 1.165) is 25.7 Å². The molecule has 0 aromatic carbocycles. The van der Waals surface area contributed by atoms with Gasteiger partial charge in [0.05, 0.1) is 11.8 Å². The van der Waals surface area contributed by atoms with Gasteiger partial charge in [0.1, 0.15) is 0 Å². The number of rotatable bonds is 7. The van der Waals surface area contributed by atoms with Gasteiger partial charge < -0.3 is 9.74 Å². The van der Waals surface area contributed by atoms with Crippen molar-refractivity contribution in [1.82, 2.24) is 9.96 Å². The molecular weight excluding hydrogens is 296 g/mol. The third kappa shape index (κ3) is 3.81. The van der Waals surface area contributed by atoms with Gasteiger partial charge in [-0.05, 0) is 12.8 Å². The van der Waals surface area contributed by atoms with Gasteiger partial charge in [0, 0.05) is 13.1 Å². The quantitative estimate of drug-likeness (QED) is 0.676. The van der Waals surface area contributed by atoms with Gasteiger partial charge in [0.25, 0.3) is 11.8 Å². The summed E-state index contributed by atoms with van der Waals surface area (Å²) in [5, 5.41) is 0.641. The van der Waals surface area contributed by atoms with E-state index >= 15 is 0 Å². The highest BCUT2D eigenvalue weighted by Crippen LogP contribution is 2.31. The first-order chi connectivity index (χ1) is 11.1. The molecule has 2 unspecified atom stereocenters. The Bertz CT molecular complexity index is 489. The summed E-state index contributed by atoms with van der Waals surface area (Å²) in [6.45, 7) is 5.22. The lowest BCUT2D eigenvalue weighted by atomic mass is 9.91. The van der Waals surface area contributed by atoms with Crippen molar-refractivity contribution in [2.24, 2.45) is 11.8 Å². The van der Waals surface area contributed by atoms with E-state index in [4.69, 9.17) is 4.84 Å². The number of unbranched alkanes of at least 4 members (excludes halogenated alkanes) is 2. The second-order valence-corrected chi connectivity index (χ2v) is 5.84. The van der Waals surface area contributed by atoms with Crippen LogP contribution in [-0.2, 0) is 14.4 Å². The van der Waals surface area contributed by atoms with E-state index in [1.807, 2.05) is 13.8 Å². The second kappa shape index (κ2) is 7.94. The normalized spacial score (nSPS) is 22.4. The fourth-order valence-corrected chi connectivity index (χ4v) is 2.68. The zero-order chi connectivity index (χ0) is 16.8. The smallest absolute Gasteiger partial charge is 0.311 e. The highest BCUT2D eigenvalue weighted by atomic mass is 16.7. The molecule has 23 heavy (non-hydrogen) atoms. The Morgan fingerprint density at radius 2 is 1.52 bits per heavy atom. The third-order valence-corrected chi connectivity index (χ3v) is 4.10. The maximum Gasteiger partial charge on any atom is 0.434 e. The lowest BCUT2D eigenvalue weighted by molar-refractivity contribution is -0.175. The molecule has 0 radical (unpaired) electrons. The molecule has 0 saturated carbocycles. The second-order valence-electron chi connectivity index (χ2n) is 5.84. The molecule has 0 aromatic rings. The molecule has 1 aliphatic heterocycles. The Labute approximate surface area is 136 Å². The highest BCUT2D eigenvalue weighted by Gasteiger charge is 2.48. The van der Waals surface area contributed by atoms with Crippen LogP contribution < -0.4 is 0 Å². The van der Waals surface area contributed by atoms with Gasteiger partial charge in [-0.25, -0.2) is 4.79 Å². The monoisotopic (exact) mass is 320 g/mol. The average molecular weight is 320 g/mol. The number of amides is 3. The zero-order valence-corrected chi connectivity index (χ0v) is 13.7. The van der Waals surface area contributed by atoms with E-state index in [9.17, 15) is 14.4 Å². The summed E-state index contributed by atoms with van der Waals surface area (Å²) >= 11 is 0. The molecule has 2 aliphatic rings. The molecule has 126 valence electrons. The van der Waals surface area contributed by atoms with Gasteiger partial charge in [-0.1, -0.05) is 56.1 Å². The van der Waals surface area contributed by atoms with Crippen LogP contribution in [0.25, 0.3) is 0 Å². The molecule has 2 rings (SSSR count). The summed E-state index contributed by atoms with van der Waals surface area (Å²) in [7, 11) is 0. The first-order valence-electron chi connectivity index (χ1n) is 8.29. The number of hydrogen-bond acceptors (Lipinski definition) is 4. The summed E-state index contributed by atoms with van der Waals surface area (Å²) in [5.74, 6) is -2.06. The van der Waals surface area contributed by atoms with Crippen LogP contribution in [0.15, 0.2) is 24.3 Å². The van der Waals surface area contributed by atoms with Crippen molar-refractivity contribution in [3.63, 3.8) is 0 Å². The Hall–Kier alpha value is -2.11. The van der Waals surface area contributed by atoms with Crippen molar-refractivity contribution >= 4 is 17.9 Å². The van der Waals surface area contributed by atoms with Crippen molar-refractivity contribution in [2.75, 3.05) is 13.1 Å². The van der Waals surface area contributed by atoms with Crippen LogP contribution >= 0.6 is 0 Å². The minimum absolute atomic E-state index is 0.472. The van der Waals surface area contributed by atoms with Crippen molar-refractivity contribution in [1.29, 1.82) is 0 Å². The molecule has 6 heteroatoms. The van der Waals surface area contributed by atoms with Crippen LogP contribution in [0.5, 0.6) is 0 Å². The van der Waals surface area contributed by atoms with Crippen LogP contribution in [0.4, 0.5) is 4.79 Å². The molecule has 0 spiro atoms. The number of hydroxylamine groups is 2. The zero-order valence-electron chi connectivity index (χ0n) is 13.7. The molecule has 1 saturated heterocycles. The Kier molecular flexibility index (Phi) is 5.96. The number of fused-ring (bicyclic) bond motifs is 1. The molecule has 6 nitrogen and oxygen atoms in total. The Balaban J connectivity index is 2.02. The molecule has 1 fully saturated rings. The number of allylic oxidation sites excluding steroid dienone is 2. The fraction of sp³-hybridized carbons (Fsp3) is 0.588. The van der Waals surface area contributed by atoms with Crippen LogP contribution in [0.2, 0.25) is 0 Å². The van der Waals surface area contributed by atoms with Crippen LogP contribution in [0.1, 0.15) is 39.5 Å². The summed E-state index contributed by atoms with van der Waals surface area (Å²) in [6, 6.07) is 0. The van der Waals surface area contributed by atoms with E-state index in [1.54, 1.807) is 29.2 Å². The van der Waals surface area contributed by atoms with E-state index in [0.29, 0.717) is 18.2 Å². The fourth-order valence-electron chi connectivity index (χ4n) is 2.68. The molecule has 2 atom stereocenters. The number of carbonyl (C=O) groups is 3. The molecule has 1 aliphatic carbocycles. The predicted octanol–water partition coefficient (Wildman–Crippen LogP) is 2.67. The van der Waals surface area contributed by atoms with Crippen molar-refractivity contribution in [3.05, 3.63) is 24.3 Å². The molecule has 0 N–H and O–H groups in total. The molecular formula is C17H24N2O4. The van der Waals surface area contributed by atoms with Crippen molar-refractivity contribution in [2.45, 2.75) is 39.5 Å². The first kappa shape index (κ1) is 17.2. The minimum Gasteiger partial charge on any atom is -0.311 e. The highest BCUT2D eigenvalue weighted by molar-refractivity contribution is 6.06. The molecule has 3 amide bonds. The number of imide groups is 1. The Morgan fingerprint density at radius 3 is 1.96 bits per heavy atom. The maximum absolute atomic E-state index is 12.3. The molecule has 0 aromatic heterocycles. The van der Waals surface area contributed by atoms with Crippen molar-refractivity contribution < 1.29 is 19.2 Å². The van der Waals surface area contributed by atoms with Gasteiger partial charge in [-0.3, -0.25) is 9.59 Å². The van der Waals surface area contributed by atoms with Gasteiger partial charge in [-0.15, -0.1) is 0 Å². The van der Waals surface area contributed by atoms with Gasteiger partial charge in [0.15, 0.2) is 0 Å². The molecule has 1 heterocycles. The van der Waals surface area contributed by atoms with Gasteiger partial charge in [0.2, 0.25) is 0 Å². The van der Waals surface area contributed by atoms with Gasteiger partial charge in [-0.2, -0.15) is 0 Å². The predicted molar refractivity (Wildman–Crippen MR) is 85.0 cm³/mol. The van der Waals surface area contributed by atoms with Crippen molar-refractivity contribution in [3.8, 4) is 0 Å². The molecule has 0 bridgehead atoms. The topological polar surface area (TPSA) is 66.9 Å². The SMILES string of the molecule is CCCCN(CCCC)C(=O)ON1C(=O)C2C=CC=CC2C1=O. The lowest BCUT2D eigenvalue weighted by Crippen LogP contribution is -2.41. The van der Waals surface area contributed by atoms with Gasteiger partial charge >= 0.3 is 6.09 Å². The summed E-state index contributed by atoms with van der Waals surface area (Å²) in [4.78, 5) is 43.6. The van der Waals surface area contributed by atoms with Crippen LogP contribution in [0, 0.1) is 11.8 Å². The number of carbonyl (C=O) groups excluding carboxylic acids is 3. The number of hydrogen-bond donors (Lipinski definition) is 0. The first-order valence-corrected chi connectivity index (χ1v) is 8.29. The van der Waals surface area contributed by atoms with E-state index in [2.05, 4.69) is 0 Å². The van der Waals surface area contributed by atoms with E-state index in [-0.39, 0.29) is 0 Å². The van der Waals surface area contributed by atoms with Crippen LogP contribution in [0.3, 0.4) is 0 Å². The minimum atomic E-state index is -0.625. The summed E-state index contributed by atoms with van der Waals surface area (Å²) in [6.07, 6.45) is 9.80. The van der Waals surface area contributed by atoms with Crippen LogP contribution in [-0.4, -0.2) is 41.0 Å². The maximum atomic E-state index is 12.3. The largest absolute Gasteiger partial charge is 0.434 e. The third-order valence-electron chi connectivity index (χ3n) is 4.10. The standard InChI is InChI=1S/C17H24N2O4/c1-3-5-11-18(12-6-4-2)17(22)23-19-15(20)13-9-7-8-10-14(13)16(19)21/h7-10,13-14H,3-6,11-12H2,1-2H3. The number of nitrogens with zero attached hydrogens (tertiary/aromatic N) is 2. The lowest BCUT2D eigenvalue weighted by Gasteiger charge is -2.23. The Morgan fingerprint density at radius 1 is 1.04 bits per heavy atom. The van der Waals surface area contributed by atoms with E-state index < -0.39 is 29.7 Å².